The summed E-state index contributed by atoms with van der Waals surface area (Å²) >= 11 is 2.01. The predicted molar refractivity (Wildman–Crippen MR) is 397 cm³/mol. The summed E-state index contributed by atoms with van der Waals surface area (Å²) in [6.07, 6.45) is 4.65. The normalized spacial score (nSPS) is 17.0. The van der Waals surface area contributed by atoms with Crippen molar-refractivity contribution in [1.29, 1.82) is 0 Å². The van der Waals surface area contributed by atoms with Crippen LogP contribution in [0.3, 0.4) is 0 Å². The second kappa shape index (κ2) is 20.3. The molecule has 0 bridgehead atoms. The third kappa shape index (κ3) is 9.54. The van der Waals surface area contributed by atoms with Gasteiger partial charge in [0.2, 0.25) is 0 Å². The van der Waals surface area contributed by atoms with Gasteiger partial charge < -0.3 is 14.6 Å². The van der Waals surface area contributed by atoms with Gasteiger partial charge in [0.15, 0.2) is 0 Å². The Hall–Kier alpha value is -7.86. The van der Waals surface area contributed by atoms with Gasteiger partial charge in [0.25, 0.3) is 0 Å². The smallest absolute Gasteiger partial charge is 0.333 e. The highest BCUT2D eigenvalue weighted by molar-refractivity contribution is 7.26. The minimum absolute atomic E-state index is 0.00590. The lowest BCUT2D eigenvalue weighted by Gasteiger charge is -2.47. The monoisotopic (exact) mass is 1210 g/mol. The van der Waals surface area contributed by atoms with Crippen LogP contribution in [0.15, 0.2) is 188 Å². The second-order valence-corrected chi connectivity index (χ2v) is 34.2. The molecule has 0 unspecified atom stereocenters. The first-order chi connectivity index (χ1) is 43.0. The fourth-order valence-electron chi connectivity index (χ4n) is 16.2. The van der Waals surface area contributed by atoms with Gasteiger partial charge in [-0.05, 0) is 220 Å². The van der Waals surface area contributed by atoms with E-state index < -0.39 is 0 Å². The SMILES string of the molecule is CC(C)(C)c1ccc(N(c2ccc(C(C)(C)C)cc2)c2ccc3c(c2)-c2c4c(cc5ccccc25)N(c2ccc(C(C)(C)C)cc2-c2ccccc2)c2c(ccc5c2sc2cc6c(cc25)C(C)(C)CCC6(C)C)B4N3c2ccc3c(c2)C(C)(C)CCC3(C)C)cc1. The van der Waals surface area contributed by atoms with Crippen molar-refractivity contribution in [3.05, 3.63) is 227 Å². The Morgan fingerprint density at radius 2 is 0.956 bits per heavy atom. The number of hydrogen-bond donors (Lipinski definition) is 0. The van der Waals surface area contributed by atoms with Gasteiger partial charge in [0.1, 0.15) is 0 Å². The standard InChI is InChI=1S/C86H90BN3S/c1-80(2,3)55-27-32-58(33-28-55)88(59-34-29-56(30-35-59)81(4,5)6)60-37-42-73-66(49-60)76-62-26-22-21-25-54(62)47-74-77(76)87(90(73)61-36-39-67-68(50-61)84(12,13)44-43-83(67,10)11)71-40-38-63-65-51-69-70(86(16,17)46-45-85(69,14)15)52-75(65)91-79(63)78(71)89(74)72-41-31-57(82(7,8)9)48-64(72)53-23-19-18-20-24-53/h18-42,47-52H,43-46H2,1-17H3. The minimum atomic E-state index is -0.197. The van der Waals surface area contributed by atoms with Crippen molar-refractivity contribution < 1.29 is 0 Å². The number of benzene rings is 10. The Morgan fingerprint density at radius 1 is 0.418 bits per heavy atom. The van der Waals surface area contributed by atoms with E-state index in [1.54, 1.807) is 0 Å². The van der Waals surface area contributed by atoms with Crippen molar-refractivity contribution in [3.8, 4) is 22.3 Å². The largest absolute Gasteiger partial charge is 0.376 e. The van der Waals surface area contributed by atoms with Crippen molar-refractivity contribution in [1.82, 2.24) is 0 Å². The predicted octanol–water partition coefficient (Wildman–Crippen LogP) is 23.6. The molecule has 0 fully saturated rings. The number of hydrogen-bond acceptors (Lipinski definition) is 4. The van der Waals surface area contributed by atoms with E-state index in [0.717, 1.165) is 29.9 Å². The zero-order valence-corrected chi connectivity index (χ0v) is 57.9. The molecule has 0 saturated heterocycles. The van der Waals surface area contributed by atoms with Gasteiger partial charge >= 0.3 is 6.85 Å². The topological polar surface area (TPSA) is 9.72 Å². The zero-order chi connectivity index (χ0) is 63.9. The molecule has 1 aromatic heterocycles. The van der Waals surface area contributed by atoms with Crippen molar-refractivity contribution in [2.24, 2.45) is 0 Å². The Labute approximate surface area is 547 Å². The highest BCUT2D eigenvalue weighted by Gasteiger charge is 2.49. The summed E-state index contributed by atoms with van der Waals surface area (Å²) in [5.41, 5.74) is 27.2. The van der Waals surface area contributed by atoms with Crippen molar-refractivity contribution in [2.75, 3.05) is 14.6 Å². The third-order valence-electron chi connectivity index (χ3n) is 22.0. The Kier molecular flexibility index (Phi) is 13.3. The van der Waals surface area contributed by atoms with Gasteiger partial charge in [-0.2, -0.15) is 0 Å². The molecule has 4 aliphatic rings. The maximum atomic E-state index is 2.79. The molecule has 458 valence electrons. The van der Waals surface area contributed by atoms with Crippen molar-refractivity contribution >= 4 is 106 Å². The summed E-state index contributed by atoms with van der Waals surface area (Å²) in [5, 5.41) is 5.19. The molecule has 0 N–H and O–H groups in total. The third-order valence-corrected chi connectivity index (χ3v) is 23.2. The van der Waals surface area contributed by atoms with E-state index in [2.05, 4.69) is 320 Å². The molecule has 15 rings (SSSR count). The molecule has 3 heterocycles. The molecule has 2 aliphatic heterocycles. The first kappa shape index (κ1) is 59.5. The van der Waals surface area contributed by atoms with Crippen LogP contribution < -0.4 is 25.5 Å². The van der Waals surface area contributed by atoms with Gasteiger partial charge in [-0.15, -0.1) is 11.3 Å². The average Bonchev–Trinajstić information content (AvgIpc) is 1.52. The van der Waals surface area contributed by atoms with Crippen molar-refractivity contribution in [3.63, 3.8) is 0 Å². The Balaban J connectivity index is 1.08. The lowest BCUT2D eigenvalue weighted by atomic mass is 9.43. The number of nitrogens with zero attached hydrogens (tertiary/aromatic N) is 3. The molecule has 91 heavy (non-hydrogen) atoms. The van der Waals surface area contributed by atoms with Crippen LogP contribution in [0.25, 0.3) is 53.2 Å². The molecule has 0 spiro atoms. The first-order valence-electron chi connectivity index (χ1n) is 33.7. The van der Waals surface area contributed by atoms with E-state index in [1.165, 1.54) is 144 Å². The lowest BCUT2D eigenvalue weighted by Crippen LogP contribution is -2.61. The second-order valence-electron chi connectivity index (χ2n) is 33.1. The van der Waals surface area contributed by atoms with Crippen LogP contribution in [0.2, 0.25) is 0 Å². The molecule has 3 nitrogen and oxygen atoms in total. The summed E-state index contributed by atoms with van der Waals surface area (Å²) in [6.45, 7) is 40.5. The summed E-state index contributed by atoms with van der Waals surface area (Å²) < 4.78 is 2.71. The maximum Gasteiger partial charge on any atom is 0.333 e. The van der Waals surface area contributed by atoms with E-state index in [9.17, 15) is 0 Å². The lowest BCUT2D eigenvalue weighted by molar-refractivity contribution is 0.332. The fraction of sp³-hybridized carbons (Fsp3) is 0.326. The van der Waals surface area contributed by atoms with Crippen LogP contribution in [-0.2, 0) is 37.9 Å². The zero-order valence-electron chi connectivity index (χ0n) is 57.1. The van der Waals surface area contributed by atoms with E-state index in [1.807, 2.05) is 11.3 Å². The van der Waals surface area contributed by atoms with Gasteiger partial charge in [0.05, 0.1) is 16.1 Å². The number of thiophene rings is 1. The number of fused-ring (bicyclic) bond motifs is 12. The van der Waals surface area contributed by atoms with Crippen molar-refractivity contribution in [2.45, 2.75) is 181 Å². The molecule has 0 amide bonds. The van der Waals surface area contributed by atoms with Gasteiger partial charge in [0, 0.05) is 60.7 Å². The summed E-state index contributed by atoms with van der Waals surface area (Å²) in [7, 11) is 0. The first-order valence-corrected chi connectivity index (χ1v) is 34.5. The van der Waals surface area contributed by atoms with Crippen LogP contribution in [0, 0.1) is 0 Å². The van der Waals surface area contributed by atoms with Crippen LogP contribution >= 0.6 is 11.3 Å². The van der Waals surface area contributed by atoms with E-state index in [0.29, 0.717) is 0 Å². The molecule has 0 saturated carbocycles. The molecule has 0 atom stereocenters. The molecule has 2 aliphatic carbocycles. The molecule has 10 aromatic carbocycles. The Bertz CT molecular complexity index is 4710. The van der Waals surface area contributed by atoms with Gasteiger partial charge in [-0.3, -0.25) is 0 Å². The van der Waals surface area contributed by atoms with Gasteiger partial charge in [-0.1, -0.05) is 221 Å². The van der Waals surface area contributed by atoms with E-state index in [-0.39, 0.29) is 44.8 Å². The summed E-state index contributed by atoms with van der Waals surface area (Å²) in [4.78, 5) is 8.04. The Morgan fingerprint density at radius 3 is 1.57 bits per heavy atom. The maximum absolute atomic E-state index is 2.79. The average molecular weight is 1210 g/mol. The van der Waals surface area contributed by atoms with Crippen LogP contribution in [0.4, 0.5) is 45.5 Å². The molecule has 5 heteroatoms. The van der Waals surface area contributed by atoms with E-state index in [4.69, 9.17) is 0 Å². The molecular formula is C86H90BN3S. The summed E-state index contributed by atoms with van der Waals surface area (Å²) in [6, 6.07) is 74.6. The number of anilines is 8. The quantitative estimate of drug-likeness (QED) is 0.154. The number of rotatable bonds is 6. The highest BCUT2D eigenvalue weighted by Crippen LogP contribution is 2.57. The van der Waals surface area contributed by atoms with E-state index >= 15 is 0 Å². The molecule has 0 radical (unpaired) electrons. The minimum Gasteiger partial charge on any atom is -0.376 e. The van der Waals surface area contributed by atoms with Crippen LogP contribution in [0.5, 0.6) is 0 Å². The molecule has 11 aromatic rings. The van der Waals surface area contributed by atoms with Crippen LogP contribution in [-0.4, -0.2) is 6.85 Å². The van der Waals surface area contributed by atoms with Gasteiger partial charge in [-0.25, -0.2) is 0 Å². The summed E-state index contributed by atoms with van der Waals surface area (Å²) in [5.74, 6) is 0. The molecular weight excluding hydrogens is 1120 g/mol. The highest BCUT2D eigenvalue weighted by atomic mass is 32.1. The van der Waals surface area contributed by atoms with Crippen LogP contribution in [0.1, 0.15) is 182 Å². The fourth-order valence-corrected chi connectivity index (χ4v) is 17.5.